The van der Waals surface area contributed by atoms with Gasteiger partial charge in [0.15, 0.2) is 0 Å². The molecule has 0 bridgehead atoms. The molecule has 0 saturated carbocycles. The molecule has 0 amide bonds. The standard InChI is InChI=1S/C14H22N2O2S/c1-17-10-7-15-11-12-3-2-6-16-14(12)19-13-4-8-18-9-5-13/h2-3,6,13,15H,4-5,7-11H2,1H3. The molecule has 5 heteroatoms. The third kappa shape index (κ3) is 5.10. The van der Waals surface area contributed by atoms with E-state index in [1.807, 2.05) is 24.0 Å². The minimum atomic E-state index is 0.640. The molecule has 1 fully saturated rings. The Hall–Kier alpha value is -0.620. The zero-order valence-electron chi connectivity index (χ0n) is 11.4. The number of hydrogen-bond donors (Lipinski definition) is 1. The summed E-state index contributed by atoms with van der Waals surface area (Å²) < 4.78 is 10.4. The van der Waals surface area contributed by atoms with E-state index < -0.39 is 0 Å². The maximum Gasteiger partial charge on any atom is 0.101 e. The summed E-state index contributed by atoms with van der Waals surface area (Å²) in [4.78, 5) is 4.52. The number of hydrogen-bond acceptors (Lipinski definition) is 5. The van der Waals surface area contributed by atoms with Gasteiger partial charge in [-0.15, -0.1) is 11.8 Å². The van der Waals surface area contributed by atoms with Crippen molar-refractivity contribution in [2.24, 2.45) is 0 Å². The monoisotopic (exact) mass is 282 g/mol. The molecule has 1 saturated heterocycles. The molecule has 2 heterocycles. The van der Waals surface area contributed by atoms with Crippen LogP contribution >= 0.6 is 11.8 Å². The van der Waals surface area contributed by atoms with Gasteiger partial charge in [-0.3, -0.25) is 0 Å². The van der Waals surface area contributed by atoms with E-state index in [-0.39, 0.29) is 0 Å². The van der Waals surface area contributed by atoms with Crippen LogP contribution in [0.3, 0.4) is 0 Å². The van der Waals surface area contributed by atoms with E-state index in [9.17, 15) is 0 Å². The summed E-state index contributed by atoms with van der Waals surface area (Å²) >= 11 is 1.89. The van der Waals surface area contributed by atoms with E-state index in [0.29, 0.717) is 5.25 Å². The van der Waals surface area contributed by atoms with E-state index in [4.69, 9.17) is 9.47 Å². The number of aromatic nitrogens is 1. The zero-order valence-corrected chi connectivity index (χ0v) is 12.2. The van der Waals surface area contributed by atoms with Gasteiger partial charge in [0, 0.05) is 44.9 Å². The molecular formula is C14H22N2O2S. The molecule has 1 aliphatic heterocycles. The fourth-order valence-electron chi connectivity index (χ4n) is 2.01. The van der Waals surface area contributed by atoms with Crippen LogP contribution in [0.5, 0.6) is 0 Å². The molecule has 0 radical (unpaired) electrons. The van der Waals surface area contributed by atoms with Gasteiger partial charge in [0.1, 0.15) is 5.03 Å². The van der Waals surface area contributed by atoms with E-state index in [2.05, 4.69) is 16.4 Å². The quantitative estimate of drug-likeness (QED) is 0.776. The lowest BCUT2D eigenvalue weighted by Crippen LogP contribution is -2.20. The van der Waals surface area contributed by atoms with Gasteiger partial charge in [0.05, 0.1) is 6.61 Å². The highest BCUT2D eigenvalue weighted by Gasteiger charge is 2.17. The van der Waals surface area contributed by atoms with Crippen molar-refractivity contribution >= 4 is 11.8 Å². The van der Waals surface area contributed by atoms with Crippen molar-refractivity contribution in [3.63, 3.8) is 0 Å². The lowest BCUT2D eigenvalue weighted by molar-refractivity contribution is 0.1000. The Balaban J connectivity index is 1.87. The molecule has 1 N–H and O–H groups in total. The van der Waals surface area contributed by atoms with Crippen LogP contribution in [0.15, 0.2) is 23.4 Å². The molecule has 1 aliphatic rings. The highest BCUT2D eigenvalue weighted by molar-refractivity contribution is 7.99. The van der Waals surface area contributed by atoms with Gasteiger partial charge in [-0.2, -0.15) is 0 Å². The van der Waals surface area contributed by atoms with Crippen LogP contribution in [0.25, 0.3) is 0 Å². The molecule has 1 aromatic heterocycles. The molecular weight excluding hydrogens is 260 g/mol. The minimum Gasteiger partial charge on any atom is -0.383 e. The van der Waals surface area contributed by atoms with Crippen molar-refractivity contribution in [1.82, 2.24) is 10.3 Å². The van der Waals surface area contributed by atoms with Crippen LogP contribution in [0.1, 0.15) is 18.4 Å². The number of thioether (sulfide) groups is 1. The second-order valence-electron chi connectivity index (χ2n) is 4.57. The highest BCUT2D eigenvalue weighted by Crippen LogP contribution is 2.30. The first-order valence-corrected chi connectivity index (χ1v) is 7.66. The summed E-state index contributed by atoms with van der Waals surface area (Å²) in [7, 11) is 1.72. The number of nitrogens with one attached hydrogen (secondary N) is 1. The maximum atomic E-state index is 5.40. The fraction of sp³-hybridized carbons (Fsp3) is 0.643. The van der Waals surface area contributed by atoms with Crippen LogP contribution in [-0.4, -0.2) is 43.7 Å². The normalized spacial score (nSPS) is 16.7. The topological polar surface area (TPSA) is 43.4 Å². The molecule has 0 aromatic carbocycles. The minimum absolute atomic E-state index is 0.640. The number of nitrogens with zero attached hydrogens (tertiary/aromatic N) is 1. The van der Waals surface area contributed by atoms with Crippen molar-refractivity contribution in [2.75, 3.05) is 33.5 Å². The van der Waals surface area contributed by atoms with Gasteiger partial charge in [0.25, 0.3) is 0 Å². The van der Waals surface area contributed by atoms with Crippen LogP contribution in [0, 0.1) is 0 Å². The molecule has 0 spiro atoms. The first-order valence-electron chi connectivity index (χ1n) is 6.78. The molecule has 4 nitrogen and oxygen atoms in total. The molecule has 2 rings (SSSR count). The largest absolute Gasteiger partial charge is 0.383 e. The molecule has 19 heavy (non-hydrogen) atoms. The van der Waals surface area contributed by atoms with E-state index in [1.54, 1.807) is 7.11 Å². The fourth-order valence-corrected chi connectivity index (χ4v) is 3.17. The molecule has 1 aromatic rings. The average Bonchev–Trinajstić information content (AvgIpc) is 2.46. The lowest BCUT2D eigenvalue weighted by Gasteiger charge is -2.22. The Morgan fingerprint density at radius 1 is 1.47 bits per heavy atom. The van der Waals surface area contributed by atoms with Gasteiger partial charge in [-0.25, -0.2) is 4.98 Å². The third-order valence-corrected chi connectivity index (χ3v) is 4.49. The summed E-state index contributed by atoms with van der Waals surface area (Å²) in [5.74, 6) is 0. The van der Waals surface area contributed by atoms with Gasteiger partial charge in [0.2, 0.25) is 0 Å². The number of methoxy groups -OCH3 is 1. The van der Waals surface area contributed by atoms with Gasteiger partial charge >= 0.3 is 0 Å². The number of rotatable bonds is 7. The van der Waals surface area contributed by atoms with Gasteiger partial charge in [-0.1, -0.05) is 6.07 Å². The van der Waals surface area contributed by atoms with E-state index in [0.717, 1.165) is 50.8 Å². The predicted octanol–water partition coefficient (Wildman–Crippen LogP) is 2.09. The lowest BCUT2D eigenvalue weighted by atomic mass is 10.2. The summed E-state index contributed by atoms with van der Waals surface area (Å²) in [6, 6.07) is 4.15. The highest BCUT2D eigenvalue weighted by atomic mass is 32.2. The van der Waals surface area contributed by atoms with Crippen LogP contribution < -0.4 is 5.32 Å². The van der Waals surface area contributed by atoms with Crippen molar-refractivity contribution < 1.29 is 9.47 Å². The van der Waals surface area contributed by atoms with Gasteiger partial charge < -0.3 is 14.8 Å². The van der Waals surface area contributed by atoms with Gasteiger partial charge in [-0.05, 0) is 24.5 Å². The Kier molecular flexibility index (Phi) is 6.64. The van der Waals surface area contributed by atoms with Crippen LogP contribution in [0.2, 0.25) is 0 Å². The summed E-state index contributed by atoms with van der Waals surface area (Å²) in [6.45, 7) is 4.22. The zero-order chi connectivity index (χ0) is 13.3. The first-order chi connectivity index (χ1) is 9.40. The van der Waals surface area contributed by atoms with Crippen molar-refractivity contribution in [1.29, 1.82) is 0 Å². The van der Waals surface area contributed by atoms with Crippen LogP contribution in [-0.2, 0) is 16.0 Å². The molecule has 106 valence electrons. The third-order valence-electron chi connectivity index (χ3n) is 3.10. The second kappa shape index (κ2) is 8.53. The van der Waals surface area contributed by atoms with Crippen LogP contribution in [0.4, 0.5) is 0 Å². The molecule has 0 atom stereocenters. The average molecular weight is 282 g/mol. The maximum absolute atomic E-state index is 5.40. The van der Waals surface area contributed by atoms with E-state index >= 15 is 0 Å². The molecule has 0 aliphatic carbocycles. The Morgan fingerprint density at radius 3 is 3.11 bits per heavy atom. The van der Waals surface area contributed by atoms with Crippen molar-refractivity contribution in [3.8, 4) is 0 Å². The summed E-state index contributed by atoms with van der Waals surface area (Å²) in [5, 5.41) is 5.17. The Bertz CT molecular complexity index is 370. The first kappa shape index (κ1) is 14.8. The summed E-state index contributed by atoms with van der Waals surface area (Å²) in [6.07, 6.45) is 4.12. The van der Waals surface area contributed by atoms with Crippen molar-refractivity contribution in [3.05, 3.63) is 23.9 Å². The smallest absolute Gasteiger partial charge is 0.101 e. The van der Waals surface area contributed by atoms with E-state index in [1.165, 1.54) is 5.56 Å². The molecule has 0 unspecified atom stereocenters. The second-order valence-corrected chi connectivity index (χ2v) is 5.86. The number of ether oxygens (including phenoxy) is 2. The SMILES string of the molecule is COCCNCc1cccnc1SC1CCOCC1. The number of pyridine rings is 1. The summed E-state index contributed by atoms with van der Waals surface area (Å²) in [5.41, 5.74) is 1.27. The Labute approximate surface area is 119 Å². The Morgan fingerprint density at radius 2 is 2.32 bits per heavy atom. The van der Waals surface area contributed by atoms with Crippen molar-refractivity contribution in [2.45, 2.75) is 29.7 Å². The predicted molar refractivity (Wildman–Crippen MR) is 77.5 cm³/mol.